The third kappa shape index (κ3) is 4.88. The van der Waals surface area contributed by atoms with Gasteiger partial charge < -0.3 is 26.0 Å². The molecule has 11 nitrogen and oxygen atoms in total. The third-order valence-corrected chi connectivity index (χ3v) is 5.10. The van der Waals surface area contributed by atoms with Crippen LogP contribution in [-0.2, 0) is 14.4 Å². The molecule has 2 heterocycles. The Kier molecular flexibility index (Phi) is 6.26. The van der Waals surface area contributed by atoms with E-state index in [1.807, 2.05) is 0 Å². The molecule has 0 spiro atoms. The molecule has 3 amide bonds. The van der Waals surface area contributed by atoms with Crippen molar-refractivity contribution in [3.8, 4) is 5.75 Å². The normalized spacial score (nSPS) is 14.4. The maximum Gasteiger partial charge on any atom is 0.258 e. The molecule has 1 aliphatic heterocycles. The average molecular weight is 462 g/mol. The summed E-state index contributed by atoms with van der Waals surface area (Å²) in [4.78, 5) is 56.3. The minimum absolute atomic E-state index is 0.0126. The smallest absolute Gasteiger partial charge is 0.258 e. The molecule has 0 unspecified atom stereocenters. The van der Waals surface area contributed by atoms with E-state index in [0.717, 1.165) is 0 Å². The van der Waals surface area contributed by atoms with E-state index in [0.29, 0.717) is 22.8 Å². The lowest BCUT2D eigenvalue weighted by atomic mass is 9.92. The molecule has 0 radical (unpaired) electrons. The van der Waals surface area contributed by atoms with Crippen LogP contribution in [0.4, 0.5) is 28.8 Å². The van der Waals surface area contributed by atoms with Gasteiger partial charge in [-0.1, -0.05) is 12.1 Å². The minimum Gasteiger partial charge on any atom is -0.495 e. The summed E-state index contributed by atoms with van der Waals surface area (Å²) in [5, 5.41) is 10.9. The summed E-state index contributed by atoms with van der Waals surface area (Å²) in [6.45, 7) is 1.39. The van der Waals surface area contributed by atoms with E-state index in [2.05, 4.69) is 31.2 Å². The molecule has 4 rings (SSSR count). The second kappa shape index (κ2) is 9.45. The van der Waals surface area contributed by atoms with Gasteiger partial charge in [-0.05, 0) is 36.4 Å². The van der Waals surface area contributed by atoms with Gasteiger partial charge in [0.2, 0.25) is 23.7 Å². The first-order chi connectivity index (χ1) is 16.3. The Morgan fingerprint density at radius 1 is 1.03 bits per heavy atom. The van der Waals surface area contributed by atoms with Crippen molar-refractivity contribution in [2.75, 3.05) is 28.4 Å². The number of amides is 3. The zero-order valence-electron chi connectivity index (χ0n) is 18.4. The maximum absolute atomic E-state index is 13.0. The van der Waals surface area contributed by atoms with Crippen LogP contribution in [0.2, 0.25) is 0 Å². The molecule has 34 heavy (non-hydrogen) atoms. The fourth-order valence-electron chi connectivity index (χ4n) is 3.60. The van der Waals surface area contributed by atoms with Crippen LogP contribution in [0.15, 0.2) is 53.3 Å². The first kappa shape index (κ1) is 22.5. The summed E-state index contributed by atoms with van der Waals surface area (Å²) in [6, 6.07) is 13.5. The van der Waals surface area contributed by atoms with Crippen molar-refractivity contribution < 1.29 is 19.1 Å². The number of anilines is 5. The predicted octanol–water partition coefficient (Wildman–Crippen LogP) is 2.54. The number of nitrogens with zero attached hydrogens (tertiary/aromatic N) is 1. The summed E-state index contributed by atoms with van der Waals surface area (Å²) < 4.78 is 5.28. The Bertz CT molecular complexity index is 1320. The molecule has 0 saturated heterocycles. The zero-order valence-corrected chi connectivity index (χ0v) is 18.4. The summed E-state index contributed by atoms with van der Waals surface area (Å²) in [5.41, 5.74) is 1.10. The highest BCUT2D eigenvalue weighted by Crippen LogP contribution is 2.31. The summed E-state index contributed by atoms with van der Waals surface area (Å²) in [5.74, 6) is -1.57. The molecule has 0 fully saturated rings. The van der Waals surface area contributed by atoms with E-state index >= 15 is 0 Å². The van der Waals surface area contributed by atoms with Gasteiger partial charge in [0.05, 0.1) is 24.3 Å². The molecule has 0 saturated carbocycles. The van der Waals surface area contributed by atoms with E-state index in [-0.39, 0.29) is 29.7 Å². The van der Waals surface area contributed by atoms with E-state index in [1.54, 1.807) is 48.5 Å². The quantitative estimate of drug-likeness (QED) is 0.377. The Labute approximate surface area is 193 Å². The number of fused-ring (bicyclic) bond motifs is 1. The highest BCUT2D eigenvalue weighted by molar-refractivity contribution is 6.04. The molecule has 0 aliphatic carbocycles. The maximum atomic E-state index is 13.0. The van der Waals surface area contributed by atoms with Crippen molar-refractivity contribution in [2.45, 2.75) is 19.3 Å². The fourth-order valence-corrected chi connectivity index (χ4v) is 3.60. The SMILES string of the molecule is COc1ccccc1Nc1nc2c(c(=O)[nH]1)[C@H](C(=O)Nc1ccc(NC(C)=O)cc1)CC(=O)N2. The highest BCUT2D eigenvalue weighted by atomic mass is 16.5. The number of H-pyrrole nitrogens is 1. The Balaban J connectivity index is 1.58. The van der Waals surface area contributed by atoms with Crippen molar-refractivity contribution in [3.05, 3.63) is 64.4 Å². The first-order valence-corrected chi connectivity index (χ1v) is 10.4. The van der Waals surface area contributed by atoms with Crippen LogP contribution in [0.5, 0.6) is 5.75 Å². The largest absolute Gasteiger partial charge is 0.495 e. The van der Waals surface area contributed by atoms with Crippen LogP contribution in [-0.4, -0.2) is 34.8 Å². The monoisotopic (exact) mass is 462 g/mol. The number of aromatic amines is 1. The van der Waals surface area contributed by atoms with Gasteiger partial charge in [-0.2, -0.15) is 4.98 Å². The summed E-state index contributed by atoms with van der Waals surface area (Å²) >= 11 is 0. The molecule has 2 aromatic carbocycles. The molecule has 1 atom stereocenters. The Hall–Kier alpha value is -4.67. The second-order valence-electron chi connectivity index (χ2n) is 7.55. The summed E-state index contributed by atoms with van der Waals surface area (Å²) in [7, 11) is 1.51. The van der Waals surface area contributed by atoms with E-state index < -0.39 is 23.3 Å². The summed E-state index contributed by atoms with van der Waals surface area (Å²) in [6.07, 6.45) is -0.202. The van der Waals surface area contributed by atoms with Gasteiger partial charge in [0.1, 0.15) is 11.6 Å². The lowest BCUT2D eigenvalue weighted by Gasteiger charge is -2.23. The Morgan fingerprint density at radius 2 is 1.71 bits per heavy atom. The number of benzene rings is 2. The fraction of sp³-hybridized carbons (Fsp3) is 0.174. The van der Waals surface area contributed by atoms with E-state index in [1.165, 1.54) is 14.0 Å². The molecule has 11 heteroatoms. The number of rotatable bonds is 6. The molecule has 5 N–H and O–H groups in total. The number of hydrogen-bond donors (Lipinski definition) is 5. The highest BCUT2D eigenvalue weighted by Gasteiger charge is 2.34. The minimum atomic E-state index is -1.03. The van der Waals surface area contributed by atoms with Crippen LogP contribution >= 0.6 is 0 Å². The number of para-hydroxylation sites is 2. The van der Waals surface area contributed by atoms with Gasteiger partial charge in [0.25, 0.3) is 5.56 Å². The van der Waals surface area contributed by atoms with Gasteiger partial charge in [-0.3, -0.25) is 24.2 Å². The van der Waals surface area contributed by atoms with E-state index in [4.69, 9.17) is 4.74 Å². The van der Waals surface area contributed by atoms with Crippen molar-refractivity contribution in [3.63, 3.8) is 0 Å². The van der Waals surface area contributed by atoms with Crippen molar-refractivity contribution >= 4 is 46.5 Å². The predicted molar refractivity (Wildman–Crippen MR) is 126 cm³/mol. The number of carbonyl (C=O) groups is 3. The number of methoxy groups -OCH3 is 1. The number of carbonyl (C=O) groups excluding carboxylic acids is 3. The van der Waals surface area contributed by atoms with Crippen molar-refractivity contribution in [2.24, 2.45) is 0 Å². The standard InChI is InChI=1S/C23H22N6O5/c1-12(30)24-13-7-9-14(10-8-13)25-21(32)15-11-18(31)27-20-19(15)22(33)29-23(28-20)26-16-5-3-4-6-17(16)34-2/h3-10,15H,11H2,1-2H3,(H,24,30)(H,25,32)(H3,26,27,28,29,31,33)/t15-/m1/s1. The van der Waals surface area contributed by atoms with Crippen molar-refractivity contribution in [1.82, 2.24) is 9.97 Å². The van der Waals surface area contributed by atoms with Crippen LogP contribution in [0.1, 0.15) is 24.8 Å². The van der Waals surface area contributed by atoms with Gasteiger partial charge >= 0.3 is 0 Å². The number of nitrogens with one attached hydrogen (secondary N) is 5. The van der Waals surface area contributed by atoms with Gasteiger partial charge in [-0.25, -0.2) is 0 Å². The van der Waals surface area contributed by atoms with Gasteiger partial charge in [-0.15, -0.1) is 0 Å². The average Bonchev–Trinajstić information content (AvgIpc) is 2.79. The topological polar surface area (TPSA) is 154 Å². The molecular formula is C23H22N6O5. The zero-order chi connectivity index (χ0) is 24.2. The van der Waals surface area contributed by atoms with Gasteiger partial charge in [0, 0.05) is 24.7 Å². The second-order valence-corrected chi connectivity index (χ2v) is 7.55. The number of aromatic nitrogens is 2. The van der Waals surface area contributed by atoms with Crippen LogP contribution in [0.3, 0.4) is 0 Å². The molecule has 1 aromatic heterocycles. The third-order valence-electron chi connectivity index (χ3n) is 5.10. The molecule has 1 aliphatic rings. The van der Waals surface area contributed by atoms with E-state index in [9.17, 15) is 19.2 Å². The first-order valence-electron chi connectivity index (χ1n) is 10.4. The number of hydrogen-bond acceptors (Lipinski definition) is 7. The lowest BCUT2D eigenvalue weighted by molar-refractivity contribution is -0.123. The van der Waals surface area contributed by atoms with Crippen LogP contribution in [0.25, 0.3) is 0 Å². The molecule has 0 bridgehead atoms. The van der Waals surface area contributed by atoms with Crippen molar-refractivity contribution in [1.29, 1.82) is 0 Å². The Morgan fingerprint density at radius 3 is 2.38 bits per heavy atom. The van der Waals surface area contributed by atoms with Gasteiger partial charge in [0.15, 0.2) is 0 Å². The lowest BCUT2D eigenvalue weighted by Crippen LogP contribution is -2.36. The van der Waals surface area contributed by atoms with Crippen LogP contribution < -0.4 is 31.6 Å². The van der Waals surface area contributed by atoms with Crippen LogP contribution in [0, 0.1) is 0 Å². The molecule has 3 aromatic rings. The number of ether oxygens (including phenoxy) is 1. The molecule has 174 valence electrons. The molecular weight excluding hydrogens is 440 g/mol.